The van der Waals surface area contributed by atoms with E-state index >= 15 is 0 Å². The highest BCUT2D eigenvalue weighted by molar-refractivity contribution is 7.89. The summed E-state index contributed by atoms with van der Waals surface area (Å²) in [5.41, 5.74) is 7.05. The van der Waals surface area contributed by atoms with Crippen LogP contribution < -0.4 is 20.3 Å². The van der Waals surface area contributed by atoms with E-state index < -0.39 is 21.8 Å². The Morgan fingerprint density at radius 1 is 1.03 bits per heavy atom. The second-order valence-corrected chi connectivity index (χ2v) is 8.09. The molecule has 0 aliphatic carbocycles. The van der Waals surface area contributed by atoms with Crippen LogP contribution in [0.2, 0.25) is 0 Å². The van der Waals surface area contributed by atoms with Crippen molar-refractivity contribution >= 4 is 27.9 Å². The smallest absolute Gasteiger partial charge is 0.276 e. The van der Waals surface area contributed by atoms with Crippen molar-refractivity contribution in [2.24, 2.45) is 0 Å². The molecule has 154 valence electrons. The van der Waals surface area contributed by atoms with Crippen LogP contribution in [-0.4, -0.2) is 33.9 Å². The predicted molar refractivity (Wildman–Crippen MR) is 109 cm³/mol. The largest absolute Gasteiger partial charge is 0.483 e. The van der Waals surface area contributed by atoms with Gasteiger partial charge in [0.1, 0.15) is 5.75 Å². The van der Waals surface area contributed by atoms with Gasteiger partial charge in [-0.2, -0.15) is 0 Å². The summed E-state index contributed by atoms with van der Waals surface area (Å²) in [6.07, 6.45) is 2.71. The van der Waals surface area contributed by atoms with Crippen LogP contribution in [-0.2, 0) is 19.6 Å². The summed E-state index contributed by atoms with van der Waals surface area (Å²) in [5.74, 6) is -0.443. The van der Waals surface area contributed by atoms with Crippen molar-refractivity contribution in [3.05, 3.63) is 65.2 Å². The van der Waals surface area contributed by atoms with Crippen LogP contribution in [0.3, 0.4) is 0 Å². The molecular weight excluding hydrogens is 394 g/mol. The van der Waals surface area contributed by atoms with E-state index in [4.69, 9.17) is 4.74 Å². The molecule has 29 heavy (non-hydrogen) atoms. The molecule has 9 heteroatoms. The lowest BCUT2D eigenvalue weighted by atomic mass is 10.1. The quantitative estimate of drug-likeness (QED) is 0.466. The number of carbonyl (C=O) groups is 2. The van der Waals surface area contributed by atoms with Gasteiger partial charge in [0.2, 0.25) is 10.0 Å². The molecule has 0 atom stereocenters. The number of hydrogen-bond acceptors (Lipinski definition) is 5. The number of nitrogens with one attached hydrogen (secondary N) is 3. The summed E-state index contributed by atoms with van der Waals surface area (Å²) < 4.78 is 31.0. The van der Waals surface area contributed by atoms with Gasteiger partial charge in [-0.1, -0.05) is 24.3 Å². The van der Waals surface area contributed by atoms with E-state index in [9.17, 15) is 18.0 Å². The van der Waals surface area contributed by atoms with Crippen LogP contribution in [0.4, 0.5) is 0 Å². The maximum absolute atomic E-state index is 11.8. The fourth-order valence-electron chi connectivity index (χ4n) is 2.26. The average Bonchev–Trinajstić information content (AvgIpc) is 2.71. The molecule has 2 amide bonds. The highest BCUT2D eigenvalue weighted by atomic mass is 32.2. The number of benzene rings is 2. The van der Waals surface area contributed by atoms with Gasteiger partial charge in [-0.05, 0) is 61.9 Å². The summed E-state index contributed by atoms with van der Waals surface area (Å²) in [6.45, 7) is 3.56. The Labute approximate surface area is 170 Å². The minimum absolute atomic E-state index is 0.123. The lowest BCUT2D eigenvalue weighted by Gasteiger charge is -2.10. The number of carbonyl (C=O) groups excluding carboxylic acids is 2. The lowest BCUT2D eigenvalue weighted by Crippen LogP contribution is -2.43. The van der Waals surface area contributed by atoms with Crippen LogP contribution in [0.25, 0.3) is 6.08 Å². The van der Waals surface area contributed by atoms with Crippen molar-refractivity contribution in [2.75, 3.05) is 13.7 Å². The molecule has 0 heterocycles. The third-order valence-electron chi connectivity index (χ3n) is 3.91. The molecule has 0 saturated carbocycles. The molecule has 0 spiro atoms. The first-order valence-electron chi connectivity index (χ1n) is 8.72. The van der Waals surface area contributed by atoms with E-state index in [2.05, 4.69) is 15.6 Å². The van der Waals surface area contributed by atoms with Crippen molar-refractivity contribution < 1.29 is 22.7 Å². The van der Waals surface area contributed by atoms with Crippen molar-refractivity contribution in [2.45, 2.75) is 18.7 Å². The molecule has 0 radical (unpaired) electrons. The summed E-state index contributed by atoms with van der Waals surface area (Å²) in [5, 5.41) is 0. The molecule has 2 aromatic rings. The Bertz CT molecular complexity index is 1010. The molecule has 8 nitrogen and oxygen atoms in total. The minimum atomic E-state index is -3.51. The van der Waals surface area contributed by atoms with E-state index in [1.807, 2.05) is 32.0 Å². The zero-order valence-electron chi connectivity index (χ0n) is 16.4. The van der Waals surface area contributed by atoms with E-state index in [1.165, 1.54) is 31.3 Å². The van der Waals surface area contributed by atoms with Crippen molar-refractivity contribution in [3.63, 3.8) is 0 Å². The number of sulfonamides is 1. The van der Waals surface area contributed by atoms with Gasteiger partial charge in [-0.3, -0.25) is 20.4 Å². The molecular formula is C20H23N3O5S. The fraction of sp³-hybridized carbons (Fsp3) is 0.200. The summed E-state index contributed by atoms with van der Waals surface area (Å²) in [7, 11) is -2.18. The summed E-state index contributed by atoms with van der Waals surface area (Å²) >= 11 is 0. The maximum atomic E-state index is 11.8. The molecule has 0 unspecified atom stereocenters. The predicted octanol–water partition coefficient (Wildman–Crippen LogP) is 1.45. The highest BCUT2D eigenvalue weighted by Gasteiger charge is 2.10. The topological polar surface area (TPSA) is 114 Å². The summed E-state index contributed by atoms with van der Waals surface area (Å²) in [6, 6.07) is 11.6. The third-order valence-corrected chi connectivity index (χ3v) is 5.34. The van der Waals surface area contributed by atoms with Crippen molar-refractivity contribution in [1.29, 1.82) is 0 Å². The molecule has 0 aromatic heterocycles. The standard InChI is InChI=1S/C20H23N3O5S/c1-14-4-5-15(2)18(12-14)28-13-20(25)23-22-19(24)11-8-16-6-9-17(10-7-16)29(26,27)21-3/h4-12,21H,13H2,1-3H3,(H,22,24)(H,23,25)/b11-8+. The van der Waals surface area contributed by atoms with Crippen molar-refractivity contribution in [1.82, 2.24) is 15.6 Å². The molecule has 0 aliphatic rings. The second kappa shape index (κ2) is 9.85. The monoisotopic (exact) mass is 417 g/mol. The molecule has 0 bridgehead atoms. The summed E-state index contributed by atoms with van der Waals surface area (Å²) in [4.78, 5) is 23.7. The number of rotatable bonds is 7. The molecule has 0 fully saturated rings. The molecule has 0 aliphatic heterocycles. The molecule has 3 N–H and O–H groups in total. The Morgan fingerprint density at radius 3 is 2.38 bits per heavy atom. The third kappa shape index (κ3) is 6.74. The lowest BCUT2D eigenvalue weighted by molar-refractivity contribution is -0.128. The normalized spacial score (nSPS) is 11.3. The van der Waals surface area contributed by atoms with Gasteiger partial charge in [0, 0.05) is 6.08 Å². The number of hydrazine groups is 1. The Morgan fingerprint density at radius 2 is 1.72 bits per heavy atom. The van der Waals surface area contributed by atoms with Crippen molar-refractivity contribution in [3.8, 4) is 5.75 Å². The number of aryl methyl sites for hydroxylation is 2. The van der Waals surface area contributed by atoms with E-state index in [0.29, 0.717) is 11.3 Å². The zero-order chi connectivity index (χ0) is 21.4. The SMILES string of the molecule is CNS(=O)(=O)c1ccc(/C=C/C(=O)NNC(=O)COc2cc(C)ccc2C)cc1. The second-order valence-electron chi connectivity index (χ2n) is 6.20. The first-order chi connectivity index (χ1) is 13.7. The first-order valence-corrected chi connectivity index (χ1v) is 10.2. The molecule has 2 rings (SSSR count). The van der Waals surface area contributed by atoms with Gasteiger partial charge >= 0.3 is 0 Å². The Hall–Kier alpha value is -3.17. The Kier molecular flexibility index (Phi) is 7.52. The number of ether oxygens (including phenoxy) is 1. The maximum Gasteiger partial charge on any atom is 0.276 e. The fourth-order valence-corrected chi connectivity index (χ4v) is 2.99. The van der Waals surface area contributed by atoms with Crippen LogP contribution in [0, 0.1) is 13.8 Å². The van der Waals surface area contributed by atoms with Gasteiger partial charge in [-0.15, -0.1) is 0 Å². The first kappa shape index (κ1) is 22.1. The minimum Gasteiger partial charge on any atom is -0.483 e. The van der Waals surface area contributed by atoms with Gasteiger partial charge in [0.15, 0.2) is 6.61 Å². The highest BCUT2D eigenvalue weighted by Crippen LogP contribution is 2.18. The molecule has 0 saturated heterocycles. The van der Waals surface area contributed by atoms with Crippen LogP contribution >= 0.6 is 0 Å². The number of amides is 2. The Balaban J connectivity index is 1.81. The van der Waals surface area contributed by atoms with E-state index in [-0.39, 0.29) is 11.5 Å². The van der Waals surface area contributed by atoms with Gasteiger partial charge in [0.05, 0.1) is 4.90 Å². The molecule has 2 aromatic carbocycles. The zero-order valence-corrected chi connectivity index (χ0v) is 17.2. The van der Waals surface area contributed by atoms with E-state index in [0.717, 1.165) is 11.1 Å². The van der Waals surface area contributed by atoms with Gasteiger partial charge in [0.25, 0.3) is 11.8 Å². The van der Waals surface area contributed by atoms with Crippen LogP contribution in [0.1, 0.15) is 16.7 Å². The van der Waals surface area contributed by atoms with Crippen LogP contribution in [0.5, 0.6) is 5.75 Å². The number of hydrogen-bond donors (Lipinski definition) is 3. The van der Waals surface area contributed by atoms with E-state index in [1.54, 1.807) is 12.1 Å². The average molecular weight is 417 g/mol. The van der Waals surface area contributed by atoms with Gasteiger partial charge in [-0.25, -0.2) is 13.1 Å². The van der Waals surface area contributed by atoms with Gasteiger partial charge < -0.3 is 4.74 Å². The van der Waals surface area contributed by atoms with Crippen LogP contribution in [0.15, 0.2) is 53.4 Å².